The molecule has 0 saturated carbocycles. The molecule has 2 rings (SSSR count). The van der Waals surface area contributed by atoms with E-state index in [-0.39, 0.29) is 17.2 Å². The van der Waals surface area contributed by atoms with Gasteiger partial charge in [-0.05, 0) is 25.0 Å². The molecule has 2 aromatic rings. The molecular formula is C16H21N3O3S. The number of aryl methyl sites for hydroxylation is 1. The smallest absolute Gasteiger partial charge is 0.254 e. The summed E-state index contributed by atoms with van der Waals surface area (Å²) in [7, 11) is 0. The first-order valence-corrected chi connectivity index (χ1v) is 8.66. The van der Waals surface area contributed by atoms with E-state index in [0.717, 1.165) is 24.1 Å². The minimum Gasteiger partial charge on any atom is -0.467 e. The van der Waals surface area contributed by atoms with Gasteiger partial charge in [-0.1, -0.05) is 32.0 Å². The van der Waals surface area contributed by atoms with Crippen molar-refractivity contribution in [2.24, 2.45) is 0 Å². The molecule has 1 amide bonds. The van der Waals surface area contributed by atoms with Gasteiger partial charge in [0.15, 0.2) is 5.16 Å². The van der Waals surface area contributed by atoms with Crippen molar-refractivity contribution in [1.29, 1.82) is 0 Å². The van der Waals surface area contributed by atoms with Gasteiger partial charge in [0.05, 0.1) is 24.3 Å². The van der Waals surface area contributed by atoms with E-state index >= 15 is 0 Å². The molecule has 0 aliphatic heterocycles. The van der Waals surface area contributed by atoms with E-state index in [0.29, 0.717) is 23.9 Å². The normalized spacial score (nSPS) is 10.7. The maximum atomic E-state index is 12.1. The fourth-order valence-corrected chi connectivity index (χ4v) is 2.89. The Morgan fingerprint density at radius 2 is 2.26 bits per heavy atom. The van der Waals surface area contributed by atoms with Gasteiger partial charge in [0, 0.05) is 5.56 Å². The van der Waals surface area contributed by atoms with E-state index in [9.17, 15) is 9.59 Å². The summed E-state index contributed by atoms with van der Waals surface area (Å²) in [5, 5.41) is 3.25. The molecule has 0 bridgehead atoms. The molecule has 2 aromatic heterocycles. The van der Waals surface area contributed by atoms with Crippen LogP contribution in [0.3, 0.4) is 0 Å². The van der Waals surface area contributed by atoms with Crippen LogP contribution in [0.25, 0.3) is 0 Å². The Morgan fingerprint density at radius 3 is 2.91 bits per heavy atom. The number of rotatable bonds is 8. The van der Waals surface area contributed by atoms with Crippen molar-refractivity contribution in [1.82, 2.24) is 15.3 Å². The van der Waals surface area contributed by atoms with Crippen LogP contribution in [-0.4, -0.2) is 21.6 Å². The molecule has 0 spiro atoms. The number of aromatic amines is 1. The van der Waals surface area contributed by atoms with E-state index in [1.165, 1.54) is 11.8 Å². The topological polar surface area (TPSA) is 88.0 Å². The number of nitrogens with zero attached hydrogens (tertiary/aromatic N) is 1. The van der Waals surface area contributed by atoms with Crippen LogP contribution in [0.5, 0.6) is 0 Å². The predicted octanol–water partition coefficient (Wildman–Crippen LogP) is 2.29. The number of carbonyl (C=O) groups excluding carboxylic acids is 1. The zero-order valence-corrected chi connectivity index (χ0v) is 14.2. The monoisotopic (exact) mass is 335 g/mol. The van der Waals surface area contributed by atoms with Gasteiger partial charge >= 0.3 is 0 Å². The first kappa shape index (κ1) is 17.3. The SMILES string of the molecule is CCCc1nc(SCC(=O)NCc2ccco2)[nH]c(=O)c1CC. The minimum atomic E-state index is -0.134. The molecule has 0 saturated heterocycles. The molecule has 0 unspecified atom stereocenters. The maximum absolute atomic E-state index is 12.1. The first-order valence-electron chi connectivity index (χ1n) is 7.68. The predicted molar refractivity (Wildman–Crippen MR) is 89.5 cm³/mol. The van der Waals surface area contributed by atoms with Crippen LogP contribution in [0.4, 0.5) is 0 Å². The number of amides is 1. The zero-order valence-electron chi connectivity index (χ0n) is 13.3. The van der Waals surface area contributed by atoms with Gasteiger partial charge in [-0.15, -0.1) is 0 Å². The lowest BCUT2D eigenvalue weighted by Gasteiger charge is -2.08. The summed E-state index contributed by atoms with van der Waals surface area (Å²) < 4.78 is 5.15. The van der Waals surface area contributed by atoms with Crippen LogP contribution in [0.15, 0.2) is 32.8 Å². The van der Waals surface area contributed by atoms with Gasteiger partial charge in [0.1, 0.15) is 5.76 Å². The number of thioether (sulfide) groups is 1. The van der Waals surface area contributed by atoms with Crippen molar-refractivity contribution in [2.75, 3.05) is 5.75 Å². The highest BCUT2D eigenvalue weighted by molar-refractivity contribution is 7.99. The van der Waals surface area contributed by atoms with Crippen LogP contribution < -0.4 is 10.9 Å². The highest BCUT2D eigenvalue weighted by atomic mass is 32.2. The second-order valence-electron chi connectivity index (χ2n) is 5.04. The number of H-pyrrole nitrogens is 1. The lowest BCUT2D eigenvalue weighted by Crippen LogP contribution is -2.25. The summed E-state index contributed by atoms with van der Waals surface area (Å²) in [5.74, 6) is 0.763. The largest absolute Gasteiger partial charge is 0.467 e. The summed E-state index contributed by atoms with van der Waals surface area (Å²) in [5.41, 5.74) is 1.46. The molecule has 124 valence electrons. The third-order valence-corrected chi connectivity index (χ3v) is 4.17. The van der Waals surface area contributed by atoms with E-state index < -0.39 is 0 Å². The Bertz CT molecular complexity index is 695. The van der Waals surface area contributed by atoms with Crippen molar-refractivity contribution >= 4 is 17.7 Å². The molecule has 2 heterocycles. The number of hydrogen-bond acceptors (Lipinski definition) is 5. The third-order valence-electron chi connectivity index (χ3n) is 3.30. The van der Waals surface area contributed by atoms with Gasteiger partial charge in [-0.2, -0.15) is 0 Å². The molecule has 0 aliphatic carbocycles. The van der Waals surface area contributed by atoms with Crippen LogP contribution in [-0.2, 0) is 24.2 Å². The Morgan fingerprint density at radius 1 is 1.43 bits per heavy atom. The Hall–Kier alpha value is -2.02. The van der Waals surface area contributed by atoms with E-state index in [2.05, 4.69) is 22.2 Å². The van der Waals surface area contributed by atoms with E-state index in [4.69, 9.17) is 4.42 Å². The van der Waals surface area contributed by atoms with Crippen molar-refractivity contribution in [3.05, 3.63) is 45.8 Å². The number of furan rings is 1. The lowest BCUT2D eigenvalue weighted by atomic mass is 10.1. The minimum absolute atomic E-state index is 0.107. The highest BCUT2D eigenvalue weighted by Crippen LogP contribution is 2.14. The second kappa shape index (κ2) is 8.57. The molecular weight excluding hydrogens is 314 g/mol. The molecule has 0 radical (unpaired) electrons. The van der Waals surface area contributed by atoms with Crippen LogP contribution in [0, 0.1) is 0 Å². The Kier molecular flexibility index (Phi) is 6.46. The van der Waals surface area contributed by atoms with Crippen molar-refractivity contribution in [2.45, 2.75) is 44.8 Å². The summed E-state index contributed by atoms with van der Waals surface area (Å²) >= 11 is 1.23. The summed E-state index contributed by atoms with van der Waals surface area (Å²) in [6.45, 7) is 4.35. The standard InChI is InChI=1S/C16H21N3O3S/c1-3-6-13-12(4-2)15(21)19-16(18-13)23-10-14(20)17-9-11-7-5-8-22-11/h5,7-8H,3-4,6,9-10H2,1-2H3,(H,17,20)(H,18,19,21). The van der Waals surface area contributed by atoms with Crippen molar-refractivity contribution < 1.29 is 9.21 Å². The summed E-state index contributed by atoms with van der Waals surface area (Å²) in [6, 6.07) is 3.57. The number of nitrogens with one attached hydrogen (secondary N) is 2. The number of carbonyl (C=O) groups is 1. The van der Waals surface area contributed by atoms with E-state index in [1.807, 2.05) is 6.92 Å². The summed E-state index contributed by atoms with van der Waals surface area (Å²) in [4.78, 5) is 31.1. The number of hydrogen-bond donors (Lipinski definition) is 2. The summed E-state index contributed by atoms with van der Waals surface area (Å²) in [6.07, 6.45) is 3.92. The Balaban J connectivity index is 1.94. The van der Waals surface area contributed by atoms with Crippen LogP contribution in [0.1, 0.15) is 37.3 Å². The van der Waals surface area contributed by atoms with Crippen molar-refractivity contribution in [3.63, 3.8) is 0 Å². The third kappa shape index (κ3) is 4.99. The molecule has 2 N–H and O–H groups in total. The molecule has 23 heavy (non-hydrogen) atoms. The quantitative estimate of drug-likeness (QED) is 0.571. The molecule has 7 heteroatoms. The van der Waals surface area contributed by atoms with Gasteiger partial charge < -0.3 is 14.7 Å². The second-order valence-corrected chi connectivity index (χ2v) is 6.01. The highest BCUT2D eigenvalue weighted by Gasteiger charge is 2.11. The lowest BCUT2D eigenvalue weighted by molar-refractivity contribution is -0.118. The van der Waals surface area contributed by atoms with Crippen molar-refractivity contribution in [3.8, 4) is 0 Å². The average molecular weight is 335 g/mol. The zero-order chi connectivity index (χ0) is 16.7. The molecule has 6 nitrogen and oxygen atoms in total. The van der Waals surface area contributed by atoms with Crippen LogP contribution in [0.2, 0.25) is 0 Å². The maximum Gasteiger partial charge on any atom is 0.254 e. The van der Waals surface area contributed by atoms with Gasteiger partial charge in [0.2, 0.25) is 5.91 Å². The number of aromatic nitrogens is 2. The molecule has 0 atom stereocenters. The molecule has 0 fully saturated rings. The molecule has 0 aliphatic rings. The average Bonchev–Trinajstić information content (AvgIpc) is 3.04. The fourth-order valence-electron chi connectivity index (χ4n) is 2.18. The fraction of sp³-hybridized carbons (Fsp3) is 0.438. The molecule has 0 aromatic carbocycles. The van der Waals surface area contributed by atoms with E-state index in [1.54, 1.807) is 18.4 Å². The van der Waals surface area contributed by atoms with Gasteiger partial charge in [0.25, 0.3) is 5.56 Å². The van der Waals surface area contributed by atoms with Crippen LogP contribution >= 0.6 is 11.8 Å². The van der Waals surface area contributed by atoms with Gasteiger partial charge in [-0.25, -0.2) is 4.98 Å². The first-order chi connectivity index (χ1) is 11.1. The Labute approximate surface area is 139 Å². The van der Waals surface area contributed by atoms with Gasteiger partial charge in [-0.3, -0.25) is 9.59 Å².